The Bertz CT molecular complexity index is 850. The van der Waals surface area contributed by atoms with Crippen LogP contribution in [-0.4, -0.2) is 53.5 Å². The standard InChI is InChI=1S/C22H26N4O3/c27-21(25-20-6-11-24-22(20)28)17-2-1-3-19(14-17)29-18-7-12-26(13-8-18)15-16-4-9-23-10-5-16/h1-5,9-10,14,18,20H,6-8,11-13,15H2,(H,24,28)(H,25,27)/t20-/m0/s1. The van der Waals surface area contributed by atoms with Gasteiger partial charge in [0.15, 0.2) is 0 Å². The quantitative estimate of drug-likeness (QED) is 0.780. The molecule has 2 saturated heterocycles. The Morgan fingerprint density at radius 1 is 1.17 bits per heavy atom. The summed E-state index contributed by atoms with van der Waals surface area (Å²) < 4.78 is 6.14. The van der Waals surface area contributed by atoms with Gasteiger partial charge in [-0.2, -0.15) is 0 Å². The summed E-state index contributed by atoms with van der Waals surface area (Å²) in [7, 11) is 0. The molecule has 7 heteroatoms. The van der Waals surface area contributed by atoms with E-state index in [2.05, 4.69) is 20.5 Å². The third-order valence-electron chi connectivity index (χ3n) is 5.44. The van der Waals surface area contributed by atoms with E-state index in [1.807, 2.05) is 36.7 Å². The van der Waals surface area contributed by atoms with E-state index in [0.29, 0.717) is 24.3 Å². The van der Waals surface area contributed by atoms with Crippen molar-refractivity contribution >= 4 is 11.8 Å². The molecule has 4 rings (SSSR count). The average molecular weight is 394 g/mol. The molecular formula is C22H26N4O3. The van der Waals surface area contributed by atoms with E-state index in [4.69, 9.17) is 4.74 Å². The summed E-state index contributed by atoms with van der Waals surface area (Å²) in [5.74, 6) is 0.329. The Kier molecular flexibility index (Phi) is 6.05. The molecular weight excluding hydrogens is 368 g/mol. The first-order chi connectivity index (χ1) is 14.2. The van der Waals surface area contributed by atoms with Crippen LogP contribution in [0.2, 0.25) is 0 Å². The summed E-state index contributed by atoms with van der Waals surface area (Å²) in [5.41, 5.74) is 1.78. The lowest BCUT2D eigenvalue weighted by molar-refractivity contribution is -0.120. The van der Waals surface area contributed by atoms with Crippen molar-refractivity contribution in [3.8, 4) is 5.75 Å². The van der Waals surface area contributed by atoms with Gasteiger partial charge in [0, 0.05) is 44.1 Å². The molecule has 1 aromatic carbocycles. The Hall–Kier alpha value is -2.93. The van der Waals surface area contributed by atoms with Crippen LogP contribution in [0.1, 0.15) is 35.2 Å². The number of benzene rings is 1. The highest BCUT2D eigenvalue weighted by Crippen LogP contribution is 2.21. The van der Waals surface area contributed by atoms with Gasteiger partial charge in [0.05, 0.1) is 0 Å². The molecule has 0 spiro atoms. The fourth-order valence-electron chi connectivity index (χ4n) is 3.81. The number of amides is 2. The zero-order valence-corrected chi connectivity index (χ0v) is 16.3. The summed E-state index contributed by atoms with van der Waals surface area (Å²) in [5, 5.41) is 5.51. The van der Waals surface area contributed by atoms with Crippen molar-refractivity contribution in [2.45, 2.75) is 38.0 Å². The number of hydrogen-bond donors (Lipinski definition) is 2. The minimum Gasteiger partial charge on any atom is -0.490 e. The van der Waals surface area contributed by atoms with Crippen molar-refractivity contribution in [1.29, 1.82) is 0 Å². The molecule has 0 aliphatic carbocycles. The molecule has 1 atom stereocenters. The highest BCUT2D eigenvalue weighted by Gasteiger charge is 2.26. The number of carbonyl (C=O) groups is 2. The number of nitrogens with one attached hydrogen (secondary N) is 2. The SMILES string of the molecule is O=C(N[C@H]1CCNC1=O)c1cccc(OC2CCN(Cc3ccncc3)CC2)c1. The number of piperidine rings is 1. The first-order valence-corrected chi connectivity index (χ1v) is 10.1. The topological polar surface area (TPSA) is 83.6 Å². The number of ether oxygens (including phenoxy) is 1. The molecule has 0 saturated carbocycles. The van der Waals surface area contributed by atoms with Gasteiger partial charge >= 0.3 is 0 Å². The molecule has 2 aliphatic rings. The van der Waals surface area contributed by atoms with Gasteiger partial charge in [0.25, 0.3) is 5.91 Å². The number of pyridine rings is 1. The van der Waals surface area contributed by atoms with Gasteiger partial charge in [-0.3, -0.25) is 19.5 Å². The molecule has 152 valence electrons. The van der Waals surface area contributed by atoms with E-state index >= 15 is 0 Å². The maximum absolute atomic E-state index is 12.4. The normalized spacial score (nSPS) is 20.3. The molecule has 2 aliphatic heterocycles. The molecule has 2 N–H and O–H groups in total. The van der Waals surface area contributed by atoms with Crippen LogP contribution >= 0.6 is 0 Å². The van der Waals surface area contributed by atoms with Gasteiger partial charge in [0.1, 0.15) is 17.9 Å². The van der Waals surface area contributed by atoms with Crippen LogP contribution in [-0.2, 0) is 11.3 Å². The van der Waals surface area contributed by atoms with Gasteiger partial charge < -0.3 is 15.4 Å². The van der Waals surface area contributed by atoms with Crippen LogP contribution in [0.3, 0.4) is 0 Å². The summed E-state index contributed by atoms with van der Waals surface area (Å²) in [6, 6.07) is 10.8. The summed E-state index contributed by atoms with van der Waals surface area (Å²) >= 11 is 0. The first kappa shape index (κ1) is 19.4. The van der Waals surface area contributed by atoms with E-state index in [-0.39, 0.29) is 17.9 Å². The summed E-state index contributed by atoms with van der Waals surface area (Å²) in [4.78, 5) is 30.6. The zero-order chi connectivity index (χ0) is 20.1. The smallest absolute Gasteiger partial charge is 0.252 e. The lowest BCUT2D eigenvalue weighted by atomic mass is 10.1. The average Bonchev–Trinajstić information content (AvgIpc) is 3.15. The minimum atomic E-state index is -0.447. The number of nitrogens with zero attached hydrogens (tertiary/aromatic N) is 2. The van der Waals surface area contributed by atoms with E-state index in [0.717, 1.165) is 32.5 Å². The lowest BCUT2D eigenvalue weighted by Gasteiger charge is -2.32. The molecule has 2 amide bonds. The van der Waals surface area contributed by atoms with Crippen LogP contribution in [0.5, 0.6) is 5.75 Å². The van der Waals surface area contributed by atoms with E-state index < -0.39 is 6.04 Å². The second-order valence-electron chi connectivity index (χ2n) is 7.58. The van der Waals surface area contributed by atoms with Crippen molar-refractivity contribution < 1.29 is 14.3 Å². The first-order valence-electron chi connectivity index (χ1n) is 10.1. The predicted octanol–water partition coefficient (Wildman–Crippen LogP) is 1.74. The van der Waals surface area contributed by atoms with Crippen molar-refractivity contribution in [1.82, 2.24) is 20.5 Å². The Balaban J connectivity index is 1.28. The molecule has 7 nitrogen and oxygen atoms in total. The Morgan fingerprint density at radius 2 is 1.97 bits per heavy atom. The van der Waals surface area contributed by atoms with Crippen molar-refractivity contribution in [3.05, 3.63) is 59.9 Å². The highest BCUT2D eigenvalue weighted by atomic mass is 16.5. The number of hydrogen-bond acceptors (Lipinski definition) is 5. The van der Waals surface area contributed by atoms with E-state index in [1.54, 1.807) is 12.1 Å². The van der Waals surface area contributed by atoms with Crippen molar-refractivity contribution in [2.75, 3.05) is 19.6 Å². The number of carbonyl (C=O) groups excluding carboxylic acids is 2. The predicted molar refractivity (Wildman–Crippen MR) is 108 cm³/mol. The second-order valence-corrected chi connectivity index (χ2v) is 7.58. The summed E-state index contributed by atoms with van der Waals surface area (Å²) in [6.07, 6.45) is 6.32. The van der Waals surface area contributed by atoms with Crippen LogP contribution in [0, 0.1) is 0 Å². The lowest BCUT2D eigenvalue weighted by Crippen LogP contribution is -2.40. The fraction of sp³-hybridized carbons (Fsp3) is 0.409. The van der Waals surface area contributed by atoms with Crippen LogP contribution in [0.15, 0.2) is 48.8 Å². The molecule has 2 aromatic rings. The molecule has 0 radical (unpaired) electrons. The monoisotopic (exact) mass is 394 g/mol. The van der Waals surface area contributed by atoms with Gasteiger partial charge in [-0.25, -0.2) is 0 Å². The number of aromatic nitrogens is 1. The van der Waals surface area contributed by atoms with Gasteiger partial charge in [-0.1, -0.05) is 6.07 Å². The highest BCUT2D eigenvalue weighted by molar-refractivity contribution is 5.98. The third kappa shape index (κ3) is 5.12. The summed E-state index contributed by atoms with van der Waals surface area (Å²) in [6.45, 7) is 3.49. The maximum atomic E-state index is 12.4. The molecule has 0 unspecified atom stereocenters. The van der Waals surface area contributed by atoms with Crippen LogP contribution in [0.25, 0.3) is 0 Å². The largest absolute Gasteiger partial charge is 0.490 e. The van der Waals surface area contributed by atoms with Crippen molar-refractivity contribution in [3.63, 3.8) is 0 Å². The Labute approximate surface area is 170 Å². The van der Waals surface area contributed by atoms with Crippen LogP contribution < -0.4 is 15.4 Å². The third-order valence-corrected chi connectivity index (χ3v) is 5.44. The molecule has 3 heterocycles. The van der Waals surface area contributed by atoms with Gasteiger partial charge in [0.2, 0.25) is 5.91 Å². The van der Waals surface area contributed by atoms with E-state index in [9.17, 15) is 9.59 Å². The molecule has 1 aromatic heterocycles. The van der Waals surface area contributed by atoms with E-state index in [1.165, 1.54) is 5.56 Å². The zero-order valence-electron chi connectivity index (χ0n) is 16.3. The number of rotatable bonds is 6. The van der Waals surface area contributed by atoms with Crippen LogP contribution in [0.4, 0.5) is 0 Å². The molecule has 29 heavy (non-hydrogen) atoms. The van der Waals surface area contributed by atoms with Crippen molar-refractivity contribution in [2.24, 2.45) is 0 Å². The fourth-order valence-corrected chi connectivity index (χ4v) is 3.81. The van der Waals surface area contributed by atoms with Gasteiger partial charge in [-0.15, -0.1) is 0 Å². The maximum Gasteiger partial charge on any atom is 0.252 e. The number of likely N-dealkylation sites (tertiary alicyclic amines) is 1. The Morgan fingerprint density at radius 3 is 2.69 bits per heavy atom. The molecule has 2 fully saturated rings. The van der Waals surface area contributed by atoms with Gasteiger partial charge in [-0.05, 0) is 55.2 Å². The molecule has 0 bridgehead atoms. The minimum absolute atomic E-state index is 0.121. The second kappa shape index (κ2) is 9.05.